The van der Waals surface area contributed by atoms with Crippen LogP contribution in [-0.2, 0) is 19.4 Å². The third kappa shape index (κ3) is 3.04. The van der Waals surface area contributed by atoms with Gasteiger partial charge in [-0.25, -0.2) is 4.79 Å². The van der Waals surface area contributed by atoms with Gasteiger partial charge in [-0.15, -0.1) is 0 Å². The summed E-state index contributed by atoms with van der Waals surface area (Å²) in [4.78, 5) is 20.7. The predicted molar refractivity (Wildman–Crippen MR) is 84.8 cm³/mol. The largest absolute Gasteiger partial charge is 0.349 e. The average molecular weight is 312 g/mol. The molecule has 3 rings (SSSR count). The number of nitriles is 1. The number of nitrogens with zero attached hydrogens (tertiary/aromatic N) is 4. The Labute approximate surface area is 133 Å². The highest BCUT2D eigenvalue weighted by molar-refractivity contribution is 7.99. The zero-order chi connectivity index (χ0) is 15.4. The first-order valence-corrected chi connectivity index (χ1v) is 8.29. The summed E-state index contributed by atoms with van der Waals surface area (Å²) in [6.45, 7) is 0.505. The van der Waals surface area contributed by atoms with E-state index in [4.69, 9.17) is 5.26 Å². The van der Waals surface area contributed by atoms with Gasteiger partial charge in [0.1, 0.15) is 5.03 Å². The van der Waals surface area contributed by atoms with Crippen LogP contribution in [0, 0.1) is 11.3 Å². The van der Waals surface area contributed by atoms with Crippen LogP contribution in [-0.4, -0.2) is 20.3 Å². The number of pyridine rings is 1. The lowest BCUT2D eigenvalue weighted by atomic mass is 9.97. The first kappa shape index (κ1) is 14.8. The molecule has 5 nitrogen and oxygen atoms in total. The van der Waals surface area contributed by atoms with E-state index in [0.717, 1.165) is 47.5 Å². The van der Waals surface area contributed by atoms with Crippen LogP contribution in [0.2, 0.25) is 0 Å². The van der Waals surface area contributed by atoms with Crippen LogP contribution >= 0.6 is 11.8 Å². The van der Waals surface area contributed by atoms with Crippen LogP contribution < -0.4 is 5.69 Å². The van der Waals surface area contributed by atoms with Crippen molar-refractivity contribution < 1.29 is 0 Å². The minimum atomic E-state index is -0.232. The fourth-order valence-corrected chi connectivity index (χ4v) is 3.54. The quantitative estimate of drug-likeness (QED) is 0.639. The second-order valence-corrected chi connectivity index (χ2v) is 6.19. The number of aromatic nitrogens is 3. The minimum Gasteiger partial charge on any atom is -0.291 e. The highest BCUT2D eigenvalue weighted by atomic mass is 32.2. The van der Waals surface area contributed by atoms with E-state index >= 15 is 0 Å². The monoisotopic (exact) mass is 312 g/mol. The van der Waals surface area contributed by atoms with Crippen molar-refractivity contribution in [2.45, 2.75) is 37.3 Å². The van der Waals surface area contributed by atoms with Crippen molar-refractivity contribution in [3.63, 3.8) is 0 Å². The van der Waals surface area contributed by atoms with Gasteiger partial charge in [0.2, 0.25) is 0 Å². The lowest BCUT2D eigenvalue weighted by Gasteiger charge is -2.22. The van der Waals surface area contributed by atoms with Gasteiger partial charge in [0.15, 0.2) is 0 Å². The Kier molecular flexibility index (Phi) is 4.54. The number of hydrogen-bond donors (Lipinski definition) is 0. The molecule has 22 heavy (non-hydrogen) atoms. The summed E-state index contributed by atoms with van der Waals surface area (Å²) >= 11 is 1.37. The molecule has 112 valence electrons. The van der Waals surface area contributed by atoms with Gasteiger partial charge in [-0.1, -0.05) is 17.8 Å². The molecule has 2 heterocycles. The summed E-state index contributed by atoms with van der Waals surface area (Å²) in [6.07, 6.45) is 7.53. The molecule has 0 saturated carbocycles. The Morgan fingerprint density at radius 3 is 3.00 bits per heavy atom. The molecule has 0 aromatic carbocycles. The molecule has 0 saturated heterocycles. The maximum absolute atomic E-state index is 12.4. The lowest BCUT2D eigenvalue weighted by molar-refractivity contribution is 0.569. The van der Waals surface area contributed by atoms with Gasteiger partial charge in [-0.05, 0) is 37.3 Å². The molecule has 0 unspecified atom stereocenters. The molecule has 0 bridgehead atoms. The third-order valence-corrected chi connectivity index (χ3v) is 4.67. The van der Waals surface area contributed by atoms with Crippen LogP contribution in [0.3, 0.4) is 0 Å². The van der Waals surface area contributed by atoms with Crippen LogP contribution in [0.4, 0.5) is 0 Å². The SMILES string of the molecule is N#CCSc1nc(=O)n(Cc2cccnc2)c2c1CCCC2. The van der Waals surface area contributed by atoms with Gasteiger partial charge in [0.25, 0.3) is 0 Å². The molecule has 6 heteroatoms. The van der Waals surface area contributed by atoms with Gasteiger partial charge in [0.05, 0.1) is 18.4 Å². The highest BCUT2D eigenvalue weighted by Gasteiger charge is 2.20. The van der Waals surface area contributed by atoms with Crippen molar-refractivity contribution >= 4 is 11.8 Å². The standard InChI is InChI=1S/C16H16N4OS/c17-7-9-22-15-13-5-1-2-6-14(13)20(16(21)19-15)11-12-4-3-8-18-10-12/h3-4,8,10H,1-2,5-6,9,11H2. The van der Waals surface area contributed by atoms with Crippen LogP contribution in [0.25, 0.3) is 0 Å². The second kappa shape index (κ2) is 6.75. The first-order valence-electron chi connectivity index (χ1n) is 7.31. The molecule has 0 amide bonds. The summed E-state index contributed by atoms with van der Waals surface area (Å²) in [5.74, 6) is 0.325. The molecule has 1 aliphatic carbocycles. The average Bonchev–Trinajstić information content (AvgIpc) is 2.57. The van der Waals surface area contributed by atoms with Crippen LogP contribution in [0.5, 0.6) is 0 Å². The number of rotatable bonds is 4. The minimum absolute atomic E-state index is 0.232. The smallest absolute Gasteiger partial charge is 0.291 e. The lowest BCUT2D eigenvalue weighted by Crippen LogP contribution is -2.30. The van der Waals surface area contributed by atoms with Crippen molar-refractivity contribution in [3.05, 3.63) is 51.8 Å². The van der Waals surface area contributed by atoms with E-state index in [1.165, 1.54) is 11.8 Å². The second-order valence-electron chi connectivity index (χ2n) is 5.23. The summed E-state index contributed by atoms with van der Waals surface area (Å²) in [6, 6.07) is 5.94. The van der Waals surface area contributed by atoms with Crippen LogP contribution in [0.15, 0.2) is 34.3 Å². The van der Waals surface area contributed by atoms with E-state index in [1.807, 2.05) is 12.1 Å². The Balaban J connectivity index is 2.03. The maximum Gasteiger partial charge on any atom is 0.349 e. The van der Waals surface area contributed by atoms with Gasteiger partial charge in [0, 0.05) is 23.7 Å². The van der Waals surface area contributed by atoms with E-state index in [2.05, 4.69) is 16.0 Å². The zero-order valence-corrected chi connectivity index (χ0v) is 13.0. The summed E-state index contributed by atoms with van der Waals surface area (Å²) in [5, 5.41) is 9.50. The van der Waals surface area contributed by atoms with Gasteiger partial charge in [-0.2, -0.15) is 10.2 Å². The highest BCUT2D eigenvalue weighted by Crippen LogP contribution is 2.28. The number of hydrogen-bond acceptors (Lipinski definition) is 5. The van der Waals surface area contributed by atoms with E-state index in [1.54, 1.807) is 17.0 Å². The fraction of sp³-hybridized carbons (Fsp3) is 0.375. The number of fused-ring (bicyclic) bond motifs is 1. The molecule has 2 aromatic rings. The summed E-state index contributed by atoms with van der Waals surface area (Å²) in [7, 11) is 0. The molecular weight excluding hydrogens is 296 g/mol. The fourth-order valence-electron chi connectivity index (χ4n) is 2.81. The molecule has 0 radical (unpaired) electrons. The Hall–Kier alpha value is -2.13. The van der Waals surface area contributed by atoms with E-state index in [-0.39, 0.29) is 5.69 Å². The normalized spacial score (nSPS) is 13.4. The van der Waals surface area contributed by atoms with Crippen molar-refractivity contribution in [1.82, 2.24) is 14.5 Å². The van der Waals surface area contributed by atoms with E-state index in [9.17, 15) is 4.79 Å². The maximum atomic E-state index is 12.4. The molecule has 0 fully saturated rings. The van der Waals surface area contributed by atoms with Gasteiger partial charge >= 0.3 is 5.69 Å². The van der Waals surface area contributed by atoms with Gasteiger partial charge in [-0.3, -0.25) is 9.55 Å². The molecule has 0 atom stereocenters. The van der Waals surface area contributed by atoms with E-state index < -0.39 is 0 Å². The zero-order valence-electron chi connectivity index (χ0n) is 12.2. The molecule has 0 N–H and O–H groups in total. The molecule has 1 aliphatic rings. The molecule has 0 spiro atoms. The van der Waals surface area contributed by atoms with Crippen molar-refractivity contribution in [2.24, 2.45) is 0 Å². The molecule has 0 aliphatic heterocycles. The van der Waals surface area contributed by atoms with E-state index in [0.29, 0.717) is 12.3 Å². The first-order chi connectivity index (χ1) is 10.8. The van der Waals surface area contributed by atoms with Crippen molar-refractivity contribution in [3.8, 4) is 6.07 Å². The number of thioether (sulfide) groups is 1. The topological polar surface area (TPSA) is 71.6 Å². The molecule has 2 aromatic heterocycles. The van der Waals surface area contributed by atoms with Gasteiger partial charge < -0.3 is 0 Å². The van der Waals surface area contributed by atoms with Crippen LogP contribution in [0.1, 0.15) is 29.7 Å². The third-order valence-electron chi connectivity index (χ3n) is 3.79. The predicted octanol–water partition coefficient (Wildman–Crippen LogP) is 2.18. The molecular formula is C16H16N4OS. The summed E-state index contributed by atoms with van der Waals surface area (Å²) < 4.78 is 1.77. The summed E-state index contributed by atoms with van der Waals surface area (Å²) in [5.41, 5.74) is 2.99. The Bertz CT molecular complexity index is 764. The van der Waals surface area contributed by atoms with Crippen molar-refractivity contribution in [1.29, 1.82) is 5.26 Å². The van der Waals surface area contributed by atoms with Crippen molar-refractivity contribution in [2.75, 3.05) is 5.75 Å². The Morgan fingerprint density at radius 1 is 1.36 bits per heavy atom. The Morgan fingerprint density at radius 2 is 2.23 bits per heavy atom.